The van der Waals surface area contributed by atoms with E-state index in [9.17, 15) is 21.6 Å². The van der Waals surface area contributed by atoms with Gasteiger partial charge in [0.25, 0.3) is 10.0 Å². The predicted octanol–water partition coefficient (Wildman–Crippen LogP) is 6.22. The number of piperidine rings is 1. The van der Waals surface area contributed by atoms with E-state index in [4.69, 9.17) is 4.74 Å². The molecule has 1 fully saturated rings. The lowest BCUT2D eigenvalue weighted by molar-refractivity contribution is 0.185. The maximum Gasteiger partial charge on any atom is 0.264 e. The quantitative estimate of drug-likeness (QED) is 0.224. The van der Waals surface area contributed by atoms with Gasteiger partial charge in [-0.05, 0) is 99.9 Å². The van der Waals surface area contributed by atoms with Gasteiger partial charge in [-0.25, -0.2) is 31.6 Å². The molecule has 2 N–H and O–H groups in total. The number of rotatable bonds is 10. The van der Waals surface area contributed by atoms with Gasteiger partial charge in [-0.3, -0.25) is 4.72 Å². The lowest BCUT2D eigenvalue weighted by Crippen LogP contribution is -2.30. The summed E-state index contributed by atoms with van der Waals surface area (Å²) in [6.45, 7) is 2.63. The van der Waals surface area contributed by atoms with Crippen molar-refractivity contribution in [3.8, 4) is 17.0 Å². The molecule has 42 heavy (non-hydrogen) atoms. The summed E-state index contributed by atoms with van der Waals surface area (Å²) in [6.07, 6.45) is 4.51. The zero-order chi connectivity index (χ0) is 29.7. The summed E-state index contributed by atoms with van der Waals surface area (Å²) < 4.78 is 75.0. The second-order valence-corrected chi connectivity index (χ2v) is 11.9. The predicted molar refractivity (Wildman–Crippen MR) is 155 cm³/mol. The number of halogens is 3. The standard InChI is InChI=1S/C30H30F3N5O3S/c1-38-13-10-20(11-14-38)12-15-41-28-8-2-21(16-25(28)32)27-18-30(35-19-34-27)36-23-4-6-24(7-5-23)37-42(39,40)29-9-3-22(31)17-26(29)33/h2-9,16-20,37H,10-15H2,1H3,(H,34,35,36). The van der Waals surface area contributed by atoms with Crippen LogP contribution in [0, 0.1) is 23.4 Å². The molecular formula is C30H30F3N5O3S. The maximum absolute atomic E-state index is 14.8. The molecule has 3 aromatic carbocycles. The van der Waals surface area contributed by atoms with Crippen LogP contribution in [0.15, 0.2) is 78.0 Å². The van der Waals surface area contributed by atoms with Crippen LogP contribution in [-0.4, -0.2) is 50.0 Å². The second-order valence-electron chi connectivity index (χ2n) is 10.2. The van der Waals surface area contributed by atoms with Gasteiger partial charge >= 0.3 is 0 Å². The van der Waals surface area contributed by atoms with Crippen LogP contribution in [-0.2, 0) is 10.0 Å². The molecule has 0 spiro atoms. The van der Waals surface area contributed by atoms with Crippen LogP contribution in [0.2, 0.25) is 0 Å². The Bertz CT molecular complexity index is 1650. The Morgan fingerprint density at radius 3 is 2.36 bits per heavy atom. The first-order valence-electron chi connectivity index (χ1n) is 13.4. The average molecular weight is 598 g/mol. The first-order valence-corrected chi connectivity index (χ1v) is 14.9. The fourth-order valence-corrected chi connectivity index (χ4v) is 5.84. The summed E-state index contributed by atoms with van der Waals surface area (Å²) in [6, 6.07) is 14.8. The minimum atomic E-state index is -4.26. The van der Waals surface area contributed by atoms with Gasteiger partial charge in [-0.15, -0.1) is 0 Å². The molecule has 0 aliphatic carbocycles. The van der Waals surface area contributed by atoms with Crippen molar-refractivity contribution in [1.29, 1.82) is 0 Å². The molecule has 0 radical (unpaired) electrons. The minimum Gasteiger partial charge on any atom is -0.491 e. The zero-order valence-electron chi connectivity index (χ0n) is 22.9. The third-order valence-electron chi connectivity index (χ3n) is 7.11. The summed E-state index contributed by atoms with van der Waals surface area (Å²) in [5.74, 6) is -1.30. The van der Waals surface area contributed by atoms with Crippen LogP contribution < -0.4 is 14.8 Å². The molecule has 4 aromatic rings. The molecular weight excluding hydrogens is 567 g/mol. The topological polar surface area (TPSA) is 96.5 Å². The third kappa shape index (κ3) is 7.37. The SMILES string of the molecule is CN1CCC(CCOc2ccc(-c3cc(Nc4ccc(NS(=O)(=O)c5ccc(F)cc5F)cc4)ncn3)cc2F)CC1. The Morgan fingerprint density at radius 2 is 1.64 bits per heavy atom. The molecule has 0 bridgehead atoms. The van der Waals surface area contributed by atoms with E-state index in [0.29, 0.717) is 41.4 Å². The number of aromatic nitrogens is 2. The molecule has 0 saturated carbocycles. The maximum atomic E-state index is 14.8. The Balaban J connectivity index is 1.19. The largest absolute Gasteiger partial charge is 0.491 e. The highest BCUT2D eigenvalue weighted by molar-refractivity contribution is 7.92. The molecule has 8 nitrogen and oxygen atoms in total. The van der Waals surface area contributed by atoms with Gasteiger partial charge < -0.3 is 15.0 Å². The fourth-order valence-electron chi connectivity index (χ4n) is 4.72. The molecule has 0 amide bonds. The number of anilines is 3. The first kappa shape index (κ1) is 29.3. The van der Waals surface area contributed by atoms with E-state index in [1.54, 1.807) is 30.3 Å². The number of likely N-dealkylation sites (tertiary alicyclic amines) is 1. The number of nitrogens with zero attached hydrogens (tertiary/aromatic N) is 3. The number of hydrogen-bond acceptors (Lipinski definition) is 7. The molecule has 0 atom stereocenters. The summed E-state index contributed by atoms with van der Waals surface area (Å²) in [5.41, 5.74) is 1.81. The van der Waals surface area contributed by atoms with Crippen molar-refractivity contribution in [2.45, 2.75) is 24.2 Å². The highest BCUT2D eigenvalue weighted by Crippen LogP contribution is 2.28. The normalized spacial score (nSPS) is 14.5. The van der Waals surface area contributed by atoms with Gasteiger partial charge in [0.05, 0.1) is 12.3 Å². The Kier molecular flexibility index (Phi) is 8.93. The van der Waals surface area contributed by atoms with Crippen molar-refractivity contribution in [3.63, 3.8) is 0 Å². The molecule has 220 valence electrons. The zero-order valence-corrected chi connectivity index (χ0v) is 23.7. The van der Waals surface area contributed by atoms with E-state index < -0.39 is 32.4 Å². The van der Waals surface area contributed by atoms with Crippen molar-refractivity contribution in [1.82, 2.24) is 14.9 Å². The third-order valence-corrected chi connectivity index (χ3v) is 8.52. The molecule has 2 heterocycles. The second kappa shape index (κ2) is 12.8. The lowest BCUT2D eigenvalue weighted by atomic mass is 9.94. The van der Waals surface area contributed by atoms with Crippen molar-refractivity contribution in [3.05, 3.63) is 90.5 Å². The summed E-state index contributed by atoms with van der Waals surface area (Å²) in [7, 11) is -2.14. The van der Waals surface area contributed by atoms with E-state index in [2.05, 4.69) is 32.0 Å². The molecule has 1 aliphatic rings. The van der Waals surface area contributed by atoms with Gasteiger partial charge in [-0.2, -0.15) is 0 Å². The van der Waals surface area contributed by atoms with E-state index >= 15 is 0 Å². The average Bonchev–Trinajstić information content (AvgIpc) is 2.96. The van der Waals surface area contributed by atoms with Crippen LogP contribution in [0.1, 0.15) is 19.3 Å². The molecule has 1 saturated heterocycles. The Hall–Kier alpha value is -4.16. The molecule has 1 aliphatic heterocycles. The van der Waals surface area contributed by atoms with Crippen molar-refractivity contribution < 1.29 is 26.3 Å². The summed E-state index contributed by atoms with van der Waals surface area (Å²) in [5, 5.41) is 3.09. The minimum absolute atomic E-state index is 0.178. The monoisotopic (exact) mass is 597 g/mol. The summed E-state index contributed by atoms with van der Waals surface area (Å²) in [4.78, 5) is 10.1. The number of ether oxygens (including phenoxy) is 1. The van der Waals surface area contributed by atoms with E-state index in [-0.39, 0.29) is 11.4 Å². The summed E-state index contributed by atoms with van der Waals surface area (Å²) >= 11 is 0. The molecule has 12 heteroatoms. The van der Waals surface area contributed by atoms with Gasteiger partial charge in [0.1, 0.15) is 28.7 Å². The van der Waals surface area contributed by atoms with Crippen molar-refractivity contribution in [2.24, 2.45) is 5.92 Å². The van der Waals surface area contributed by atoms with Gasteiger partial charge in [0, 0.05) is 29.1 Å². The van der Waals surface area contributed by atoms with Gasteiger partial charge in [0.2, 0.25) is 0 Å². The number of nitrogens with one attached hydrogen (secondary N) is 2. The highest BCUT2D eigenvalue weighted by atomic mass is 32.2. The molecule has 0 unspecified atom stereocenters. The van der Waals surface area contributed by atoms with Crippen LogP contribution in [0.25, 0.3) is 11.3 Å². The number of hydrogen-bond donors (Lipinski definition) is 2. The smallest absolute Gasteiger partial charge is 0.264 e. The Labute approximate surface area is 242 Å². The van der Waals surface area contributed by atoms with Crippen LogP contribution in [0.5, 0.6) is 5.75 Å². The lowest BCUT2D eigenvalue weighted by Gasteiger charge is -2.28. The van der Waals surface area contributed by atoms with E-state index in [1.807, 2.05) is 0 Å². The Morgan fingerprint density at radius 1 is 0.905 bits per heavy atom. The van der Waals surface area contributed by atoms with E-state index in [1.165, 1.54) is 24.5 Å². The van der Waals surface area contributed by atoms with Crippen LogP contribution >= 0.6 is 0 Å². The van der Waals surface area contributed by atoms with Gasteiger partial charge in [0.15, 0.2) is 11.6 Å². The van der Waals surface area contributed by atoms with Crippen LogP contribution in [0.4, 0.5) is 30.4 Å². The van der Waals surface area contributed by atoms with Crippen molar-refractivity contribution >= 4 is 27.2 Å². The number of sulfonamides is 1. The van der Waals surface area contributed by atoms with Crippen LogP contribution in [0.3, 0.4) is 0 Å². The first-order chi connectivity index (χ1) is 20.2. The number of benzene rings is 3. The fraction of sp³-hybridized carbons (Fsp3) is 0.267. The molecule has 1 aromatic heterocycles. The molecule has 5 rings (SSSR count). The highest BCUT2D eigenvalue weighted by Gasteiger charge is 2.20. The van der Waals surface area contributed by atoms with Crippen molar-refractivity contribution in [2.75, 3.05) is 36.8 Å². The van der Waals surface area contributed by atoms with E-state index in [0.717, 1.165) is 44.5 Å². The van der Waals surface area contributed by atoms with Gasteiger partial charge in [-0.1, -0.05) is 0 Å².